The zero-order valence-corrected chi connectivity index (χ0v) is 13.5. The summed E-state index contributed by atoms with van der Waals surface area (Å²) in [4.78, 5) is 23.9. The van der Waals surface area contributed by atoms with Gasteiger partial charge in [-0.05, 0) is 31.2 Å². The molecule has 0 fully saturated rings. The first-order valence-corrected chi connectivity index (χ1v) is 8.43. The lowest BCUT2D eigenvalue weighted by molar-refractivity contribution is -0.148. The van der Waals surface area contributed by atoms with Crippen molar-refractivity contribution in [3.8, 4) is 5.75 Å². The summed E-state index contributed by atoms with van der Waals surface area (Å²) < 4.78 is 27.9. The molecule has 1 amide bonds. The van der Waals surface area contributed by atoms with E-state index in [1.54, 1.807) is 0 Å². The maximum atomic E-state index is 11.8. The van der Waals surface area contributed by atoms with Gasteiger partial charge in [0.1, 0.15) is 11.8 Å². The van der Waals surface area contributed by atoms with Gasteiger partial charge in [0.15, 0.2) is 9.84 Å². The van der Waals surface area contributed by atoms with E-state index in [1.807, 2.05) is 0 Å². The van der Waals surface area contributed by atoms with E-state index in [-0.39, 0.29) is 23.8 Å². The lowest BCUT2D eigenvalue weighted by Gasteiger charge is -2.21. The topological polar surface area (TPSA) is 101 Å². The van der Waals surface area contributed by atoms with Crippen LogP contribution in [-0.2, 0) is 19.4 Å². The molecule has 122 valence electrons. The van der Waals surface area contributed by atoms with Crippen molar-refractivity contribution in [1.29, 1.82) is 0 Å². The average Bonchev–Trinajstić information content (AvgIpc) is 2.45. The van der Waals surface area contributed by atoms with Gasteiger partial charge >= 0.3 is 5.97 Å². The number of rotatable bonds is 7. The van der Waals surface area contributed by atoms with Crippen molar-refractivity contribution in [2.45, 2.75) is 24.3 Å². The van der Waals surface area contributed by atoms with Crippen LogP contribution in [0.25, 0.3) is 0 Å². The minimum Gasteiger partial charge on any atom is -0.493 e. The number of aliphatic carboxylic acids is 1. The summed E-state index contributed by atoms with van der Waals surface area (Å²) in [7, 11) is -1.84. The number of hydrogen-bond donors (Lipinski definition) is 1. The smallest absolute Gasteiger partial charge is 0.326 e. The van der Waals surface area contributed by atoms with Gasteiger partial charge in [-0.15, -0.1) is 0 Å². The van der Waals surface area contributed by atoms with Gasteiger partial charge in [-0.3, -0.25) is 4.79 Å². The molecule has 0 radical (unpaired) electrons. The molecule has 1 N–H and O–H groups in total. The number of carbonyl (C=O) groups is 2. The molecule has 0 aliphatic carbocycles. The largest absolute Gasteiger partial charge is 0.493 e. The van der Waals surface area contributed by atoms with Crippen LogP contribution in [0.4, 0.5) is 0 Å². The molecule has 1 aromatic carbocycles. The van der Waals surface area contributed by atoms with Crippen molar-refractivity contribution < 1.29 is 27.9 Å². The first-order valence-electron chi connectivity index (χ1n) is 6.54. The van der Waals surface area contributed by atoms with Gasteiger partial charge in [0, 0.05) is 13.3 Å². The summed E-state index contributed by atoms with van der Waals surface area (Å²) in [5.74, 6) is -0.982. The number of hydrogen-bond acceptors (Lipinski definition) is 5. The lowest BCUT2D eigenvalue weighted by Crippen LogP contribution is -2.40. The summed E-state index contributed by atoms with van der Waals surface area (Å²) in [5.41, 5.74) is 0. The van der Waals surface area contributed by atoms with Gasteiger partial charge in [-0.1, -0.05) is 0 Å². The second-order valence-electron chi connectivity index (χ2n) is 4.86. The molecule has 0 aliphatic heterocycles. The molecule has 1 rings (SSSR count). The zero-order valence-electron chi connectivity index (χ0n) is 12.6. The van der Waals surface area contributed by atoms with Crippen LogP contribution in [0.3, 0.4) is 0 Å². The van der Waals surface area contributed by atoms with E-state index in [0.29, 0.717) is 5.75 Å². The molecule has 22 heavy (non-hydrogen) atoms. The highest BCUT2D eigenvalue weighted by Crippen LogP contribution is 2.16. The van der Waals surface area contributed by atoms with Crippen LogP contribution in [0.1, 0.15) is 13.3 Å². The molecule has 0 saturated carbocycles. The number of amides is 1. The summed E-state index contributed by atoms with van der Waals surface area (Å²) in [6, 6.07) is 4.95. The normalized spacial score (nSPS) is 12.5. The molecule has 1 unspecified atom stereocenters. The third-order valence-electron chi connectivity index (χ3n) is 3.17. The Morgan fingerprint density at radius 3 is 2.27 bits per heavy atom. The second-order valence-corrected chi connectivity index (χ2v) is 6.88. The molecule has 1 aromatic rings. The van der Waals surface area contributed by atoms with Crippen LogP contribution in [0.15, 0.2) is 29.2 Å². The van der Waals surface area contributed by atoms with Crippen LogP contribution < -0.4 is 4.74 Å². The number of likely N-dealkylation sites (N-methyl/N-ethyl adjacent to an activating group) is 1. The van der Waals surface area contributed by atoms with Crippen molar-refractivity contribution in [2.24, 2.45) is 0 Å². The molecule has 1 atom stereocenters. The fourth-order valence-electron chi connectivity index (χ4n) is 1.60. The molecule has 8 heteroatoms. The van der Waals surface area contributed by atoms with Crippen LogP contribution in [0, 0.1) is 0 Å². The summed E-state index contributed by atoms with van der Waals surface area (Å²) >= 11 is 0. The first-order chi connectivity index (χ1) is 10.1. The maximum absolute atomic E-state index is 11.8. The summed E-state index contributed by atoms with van der Waals surface area (Å²) in [5, 5.41) is 8.82. The highest BCUT2D eigenvalue weighted by Gasteiger charge is 2.21. The second kappa shape index (κ2) is 7.26. The van der Waals surface area contributed by atoms with Crippen LogP contribution in [0.5, 0.6) is 5.75 Å². The molecule has 0 bridgehead atoms. The average molecular weight is 329 g/mol. The number of carboxylic acid groups (broad SMARTS) is 1. The summed E-state index contributed by atoms with van der Waals surface area (Å²) in [6.07, 6.45) is 1.14. The number of benzene rings is 1. The third-order valence-corrected chi connectivity index (χ3v) is 4.30. The van der Waals surface area contributed by atoms with Gasteiger partial charge in [-0.25, -0.2) is 13.2 Å². The maximum Gasteiger partial charge on any atom is 0.326 e. The molecule has 0 aliphatic rings. The fourth-order valence-corrected chi connectivity index (χ4v) is 2.23. The van der Waals surface area contributed by atoms with Crippen LogP contribution in [-0.4, -0.2) is 56.3 Å². The Kier molecular flexibility index (Phi) is 5.92. The lowest BCUT2D eigenvalue weighted by atomic mass is 10.2. The number of nitrogens with zero attached hydrogens (tertiary/aromatic N) is 1. The van der Waals surface area contributed by atoms with Crippen molar-refractivity contribution in [1.82, 2.24) is 4.90 Å². The predicted molar refractivity (Wildman–Crippen MR) is 79.5 cm³/mol. The molecule has 7 nitrogen and oxygen atoms in total. The number of ether oxygens (including phenoxy) is 1. The Balaban J connectivity index is 2.51. The third kappa shape index (κ3) is 5.03. The number of carboxylic acids is 1. The molecule has 0 heterocycles. The van der Waals surface area contributed by atoms with E-state index >= 15 is 0 Å². The van der Waals surface area contributed by atoms with Gasteiger partial charge in [0.2, 0.25) is 5.91 Å². The van der Waals surface area contributed by atoms with Crippen molar-refractivity contribution in [2.75, 3.05) is 19.9 Å². The van der Waals surface area contributed by atoms with Crippen molar-refractivity contribution in [3.63, 3.8) is 0 Å². The van der Waals surface area contributed by atoms with E-state index in [2.05, 4.69) is 0 Å². The molecule has 0 aromatic heterocycles. The monoisotopic (exact) mass is 329 g/mol. The van der Waals surface area contributed by atoms with Gasteiger partial charge in [0.25, 0.3) is 0 Å². The standard InChI is InChI=1S/C14H19NO6S/c1-10(14(17)18)15(2)13(16)8-9-21-11-4-6-12(7-5-11)22(3,19)20/h4-7,10H,8-9H2,1-3H3,(H,17,18). The Morgan fingerprint density at radius 1 is 1.27 bits per heavy atom. The highest BCUT2D eigenvalue weighted by atomic mass is 32.2. The number of sulfone groups is 1. The molecule has 0 saturated heterocycles. The SMILES string of the molecule is CC(C(=O)O)N(C)C(=O)CCOc1ccc(S(C)(=O)=O)cc1. The van der Waals surface area contributed by atoms with Crippen LogP contribution >= 0.6 is 0 Å². The Hall–Kier alpha value is -2.09. The predicted octanol–water partition coefficient (Wildman–Crippen LogP) is 0.791. The minimum atomic E-state index is -3.25. The zero-order chi connectivity index (χ0) is 16.9. The van der Waals surface area contributed by atoms with Crippen LogP contribution in [0.2, 0.25) is 0 Å². The Bertz CT molecular complexity index is 638. The Morgan fingerprint density at radius 2 is 1.82 bits per heavy atom. The van der Waals surface area contributed by atoms with Gasteiger partial charge in [-0.2, -0.15) is 0 Å². The van der Waals surface area contributed by atoms with E-state index in [9.17, 15) is 18.0 Å². The van der Waals surface area contributed by atoms with E-state index in [4.69, 9.17) is 9.84 Å². The highest BCUT2D eigenvalue weighted by molar-refractivity contribution is 7.90. The van der Waals surface area contributed by atoms with E-state index < -0.39 is 21.8 Å². The Labute approximate surface area is 129 Å². The molecule has 0 spiro atoms. The van der Waals surface area contributed by atoms with Crippen molar-refractivity contribution >= 4 is 21.7 Å². The molecular weight excluding hydrogens is 310 g/mol. The molecular formula is C14H19NO6S. The fraction of sp³-hybridized carbons (Fsp3) is 0.429. The quantitative estimate of drug-likeness (QED) is 0.794. The minimum absolute atomic E-state index is 0.0297. The van der Waals surface area contributed by atoms with Crippen molar-refractivity contribution in [3.05, 3.63) is 24.3 Å². The van der Waals surface area contributed by atoms with Gasteiger partial charge in [0.05, 0.1) is 17.9 Å². The van der Waals surface area contributed by atoms with Gasteiger partial charge < -0.3 is 14.7 Å². The summed E-state index contributed by atoms with van der Waals surface area (Å²) in [6.45, 7) is 1.50. The first kappa shape index (κ1) is 18.0. The van der Waals surface area contributed by atoms with E-state index in [0.717, 1.165) is 11.2 Å². The van der Waals surface area contributed by atoms with E-state index in [1.165, 1.54) is 38.2 Å². The number of carbonyl (C=O) groups excluding carboxylic acids is 1.